The summed E-state index contributed by atoms with van der Waals surface area (Å²) in [4.78, 5) is 0. The first-order valence-electron chi connectivity index (χ1n) is 8.57. The zero-order chi connectivity index (χ0) is 18.4. The van der Waals surface area contributed by atoms with Crippen molar-refractivity contribution in [3.63, 3.8) is 0 Å². The molecule has 0 saturated heterocycles. The van der Waals surface area contributed by atoms with Gasteiger partial charge < -0.3 is 14.6 Å². The Hall–Kier alpha value is -1.71. The molecule has 0 aliphatic heterocycles. The number of halogens is 1. The molecule has 2 aromatic carbocycles. The van der Waals surface area contributed by atoms with Gasteiger partial charge in [-0.3, -0.25) is 0 Å². The van der Waals surface area contributed by atoms with Gasteiger partial charge >= 0.3 is 0 Å². The lowest BCUT2D eigenvalue weighted by Crippen LogP contribution is -2.20. The molecule has 0 spiro atoms. The Kier molecular flexibility index (Phi) is 6.74. The average molecular weight is 363 g/mol. The van der Waals surface area contributed by atoms with Gasteiger partial charge in [-0.1, -0.05) is 45.0 Å². The van der Waals surface area contributed by atoms with Gasteiger partial charge in [0.15, 0.2) is 0 Å². The van der Waals surface area contributed by atoms with Crippen LogP contribution in [0.3, 0.4) is 0 Å². The molecule has 4 heteroatoms. The topological polar surface area (TPSA) is 38.7 Å². The molecule has 0 aliphatic rings. The molecule has 0 aromatic heterocycles. The summed E-state index contributed by atoms with van der Waals surface area (Å²) in [5.41, 5.74) is 3.12. The Labute approximate surface area is 155 Å². The maximum Gasteiger partial charge on any atom is 0.123 e. The molecule has 0 radical (unpaired) electrons. The first-order valence-corrected chi connectivity index (χ1v) is 9.10. The second-order valence-corrected chi connectivity index (χ2v) is 6.95. The Bertz CT molecular complexity index is 680. The standard InChI is InChI=1S/C21H27ClO3/c1-5-18(23)14-25-20-11-8-17(12-15(20)13-22)21(2,3)16-6-9-19(24-4)10-7-16/h6-12,18,23H,5,13-14H2,1-4H3. The predicted octanol–water partition coefficient (Wildman–Crippen LogP) is 4.91. The monoisotopic (exact) mass is 362 g/mol. The van der Waals surface area contributed by atoms with Gasteiger partial charge in [0.2, 0.25) is 0 Å². The van der Waals surface area contributed by atoms with Crippen LogP contribution in [0.2, 0.25) is 0 Å². The second kappa shape index (κ2) is 8.59. The van der Waals surface area contributed by atoms with Crippen molar-refractivity contribution in [1.29, 1.82) is 0 Å². The van der Waals surface area contributed by atoms with Crippen molar-refractivity contribution >= 4 is 11.6 Å². The van der Waals surface area contributed by atoms with Crippen LogP contribution >= 0.6 is 11.6 Å². The number of aliphatic hydroxyl groups excluding tert-OH is 1. The van der Waals surface area contributed by atoms with Crippen molar-refractivity contribution in [2.45, 2.75) is 44.6 Å². The summed E-state index contributed by atoms with van der Waals surface area (Å²) in [6.07, 6.45) is 0.206. The van der Waals surface area contributed by atoms with Gasteiger partial charge in [-0.2, -0.15) is 0 Å². The highest BCUT2D eigenvalue weighted by molar-refractivity contribution is 6.17. The number of benzene rings is 2. The van der Waals surface area contributed by atoms with E-state index < -0.39 is 6.10 Å². The first kappa shape index (κ1) is 19.6. The van der Waals surface area contributed by atoms with E-state index in [0.29, 0.717) is 12.3 Å². The smallest absolute Gasteiger partial charge is 0.123 e. The number of hydrogen-bond donors (Lipinski definition) is 1. The fraction of sp³-hybridized carbons (Fsp3) is 0.429. The highest BCUT2D eigenvalue weighted by Crippen LogP contribution is 2.35. The Morgan fingerprint density at radius 1 is 1.08 bits per heavy atom. The van der Waals surface area contributed by atoms with Crippen LogP contribution in [-0.2, 0) is 11.3 Å². The van der Waals surface area contributed by atoms with Gasteiger partial charge in [-0.05, 0) is 35.7 Å². The SMILES string of the molecule is CCC(O)COc1ccc(C(C)(C)c2ccc(OC)cc2)cc1CCl. The Morgan fingerprint density at radius 3 is 2.28 bits per heavy atom. The lowest BCUT2D eigenvalue weighted by atomic mass is 9.77. The minimum atomic E-state index is -0.460. The zero-order valence-corrected chi connectivity index (χ0v) is 16.1. The molecule has 1 unspecified atom stereocenters. The van der Waals surface area contributed by atoms with E-state index in [1.807, 2.05) is 25.1 Å². The van der Waals surface area contributed by atoms with E-state index in [2.05, 4.69) is 38.1 Å². The lowest BCUT2D eigenvalue weighted by molar-refractivity contribution is 0.104. The lowest BCUT2D eigenvalue weighted by Gasteiger charge is -2.27. The van der Waals surface area contributed by atoms with E-state index in [-0.39, 0.29) is 12.0 Å². The van der Waals surface area contributed by atoms with E-state index >= 15 is 0 Å². The maximum atomic E-state index is 9.69. The van der Waals surface area contributed by atoms with Gasteiger partial charge in [0.05, 0.1) is 19.1 Å². The largest absolute Gasteiger partial charge is 0.497 e. The number of alkyl halides is 1. The van der Waals surface area contributed by atoms with Crippen molar-refractivity contribution in [3.05, 3.63) is 59.2 Å². The quantitative estimate of drug-likeness (QED) is 0.678. The van der Waals surface area contributed by atoms with Crippen molar-refractivity contribution in [1.82, 2.24) is 0 Å². The summed E-state index contributed by atoms with van der Waals surface area (Å²) in [6.45, 7) is 6.58. The van der Waals surface area contributed by atoms with Crippen LogP contribution in [0.4, 0.5) is 0 Å². The molecule has 2 rings (SSSR count). The molecule has 0 bridgehead atoms. The molecule has 0 fully saturated rings. The Balaban J connectivity index is 2.28. The summed E-state index contributed by atoms with van der Waals surface area (Å²) in [7, 11) is 1.67. The molecule has 1 N–H and O–H groups in total. The third-order valence-electron chi connectivity index (χ3n) is 4.64. The zero-order valence-electron chi connectivity index (χ0n) is 15.4. The van der Waals surface area contributed by atoms with Crippen molar-refractivity contribution in [2.75, 3.05) is 13.7 Å². The van der Waals surface area contributed by atoms with Crippen LogP contribution in [0.15, 0.2) is 42.5 Å². The highest BCUT2D eigenvalue weighted by Gasteiger charge is 2.24. The molecule has 1 atom stereocenters. The van der Waals surface area contributed by atoms with Crippen LogP contribution < -0.4 is 9.47 Å². The van der Waals surface area contributed by atoms with E-state index in [0.717, 1.165) is 22.6 Å². The van der Waals surface area contributed by atoms with Gasteiger partial charge in [0.25, 0.3) is 0 Å². The number of aliphatic hydroxyl groups is 1. The molecule has 0 heterocycles. The van der Waals surface area contributed by atoms with Crippen molar-refractivity contribution in [2.24, 2.45) is 0 Å². The van der Waals surface area contributed by atoms with Crippen LogP contribution in [-0.4, -0.2) is 24.9 Å². The van der Waals surface area contributed by atoms with Gasteiger partial charge in [-0.25, -0.2) is 0 Å². The fourth-order valence-corrected chi connectivity index (χ4v) is 2.90. The first-order chi connectivity index (χ1) is 11.9. The van der Waals surface area contributed by atoms with E-state index in [4.69, 9.17) is 21.1 Å². The minimum absolute atomic E-state index is 0.172. The second-order valence-electron chi connectivity index (χ2n) is 6.68. The summed E-state index contributed by atoms with van der Waals surface area (Å²) < 4.78 is 11.0. The van der Waals surface area contributed by atoms with E-state index in [1.54, 1.807) is 7.11 Å². The number of hydrogen-bond acceptors (Lipinski definition) is 3. The fourth-order valence-electron chi connectivity index (χ4n) is 2.69. The molecular formula is C21H27ClO3. The Morgan fingerprint density at radius 2 is 1.72 bits per heavy atom. The summed E-state index contributed by atoms with van der Waals surface area (Å²) in [6, 6.07) is 14.2. The minimum Gasteiger partial charge on any atom is -0.497 e. The van der Waals surface area contributed by atoms with E-state index in [9.17, 15) is 5.11 Å². The van der Waals surface area contributed by atoms with Crippen molar-refractivity contribution < 1.29 is 14.6 Å². The average Bonchev–Trinajstić information content (AvgIpc) is 2.65. The van der Waals surface area contributed by atoms with Gasteiger partial charge in [-0.15, -0.1) is 11.6 Å². The normalized spacial score (nSPS) is 12.7. The predicted molar refractivity (Wildman–Crippen MR) is 103 cm³/mol. The number of methoxy groups -OCH3 is 1. The molecule has 0 aliphatic carbocycles. The van der Waals surface area contributed by atoms with Crippen molar-refractivity contribution in [3.8, 4) is 11.5 Å². The van der Waals surface area contributed by atoms with Crippen LogP contribution in [0, 0.1) is 0 Å². The number of rotatable bonds is 8. The van der Waals surface area contributed by atoms with Gasteiger partial charge in [0.1, 0.15) is 18.1 Å². The maximum absolute atomic E-state index is 9.69. The highest BCUT2D eigenvalue weighted by atomic mass is 35.5. The van der Waals surface area contributed by atoms with Crippen LogP contribution in [0.25, 0.3) is 0 Å². The summed E-state index contributed by atoms with van der Waals surface area (Å²) in [5.74, 6) is 1.94. The summed E-state index contributed by atoms with van der Waals surface area (Å²) >= 11 is 6.13. The summed E-state index contributed by atoms with van der Waals surface area (Å²) in [5, 5.41) is 9.69. The third kappa shape index (κ3) is 4.68. The molecule has 136 valence electrons. The van der Waals surface area contributed by atoms with Crippen LogP contribution in [0.5, 0.6) is 11.5 Å². The molecule has 0 saturated carbocycles. The molecular weight excluding hydrogens is 336 g/mol. The third-order valence-corrected chi connectivity index (χ3v) is 4.93. The van der Waals surface area contributed by atoms with E-state index in [1.165, 1.54) is 5.56 Å². The molecule has 0 amide bonds. The molecule has 25 heavy (non-hydrogen) atoms. The number of ether oxygens (including phenoxy) is 2. The molecule has 3 nitrogen and oxygen atoms in total. The molecule has 2 aromatic rings. The van der Waals surface area contributed by atoms with Crippen LogP contribution in [0.1, 0.15) is 43.9 Å². The van der Waals surface area contributed by atoms with Gasteiger partial charge in [0, 0.05) is 11.0 Å².